The molecule has 0 bridgehead atoms. The van der Waals surface area contributed by atoms with Gasteiger partial charge in [0.1, 0.15) is 6.61 Å². The number of aliphatic hydroxyl groups excluding tert-OH is 1. The van der Waals surface area contributed by atoms with E-state index in [1.165, 1.54) is 12.2 Å². The van der Waals surface area contributed by atoms with E-state index in [0.717, 1.165) is 19.1 Å². The van der Waals surface area contributed by atoms with Crippen molar-refractivity contribution in [1.29, 1.82) is 0 Å². The fourth-order valence-electron chi connectivity index (χ4n) is 8.34. The molecule has 4 rings (SSSR count). The molecule has 3 saturated carbocycles. The molecule has 4 aliphatic carbocycles. The normalized spacial score (nSPS) is 40.5. The van der Waals surface area contributed by atoms with E-state index in [2.05, 4.69) is 0 Å². The Bertz CT molecular complexity index is 1230. The average Bonchev–Trinajstić information content (AvgIpc) is 3.08. The third-order valence-electron chi connectivity index (χ3n) is 10.2. The van der Waals surface area contributed by atoms with Gasteiger partial charge < -0.3 is 14.6 Å². The summed E-state index contributed by atoms with van der Waals surface area (Å²) in [7, 11) is -4.00. The smallest absolute Gasteiger partial charge is 0.434 e. The van der Waals surface area contributed by atoms with Gasteiger partial charge in [-0.3, -0.25) is 13.8 Å². The Labute approximate surface area is 235 Å². The predicted octanol–water partition coefficient (Wildman–Crippen LogP) is 4.23. The van der Waals surface area contributed by atoms with Crippen LogP contribution in [0, 0.1) is 28.6 Å². The largest absolute Gasteiger partial charge is 0.509 e. The quantitative estimate of drug-likeness (QED) is 0.240. The highest BCUT2D eigenvalue weighted by Crippen LogP contribution is 2.71. The van der Waals surface area contributed by atoms with Crippen LogP contribution in [0.15, 0.2) is 23.8 Å². The van der Waals surface area contributed by atoms with E-state index in [1.807, 2.05) is 6.92 Å². The summed E-state index contributed by atoms with van der Waals surface area (Å²) in [6.07, 6.45) is 5.68. The summed E-state index contributed by atoms with van der Waals surface area (Å²) in [5, 5.41) is 11.6. The zero-order valence-corrected chi connectivity index (χ0v) is 24.7. The summed E-state index contributed by atoms with van der Waals surface area (Å²) in [4.78, 5) is 39.0. The minimum Gasteiger partial charge on any atom is -0.434 e. The highest BCUT2D eigenvalue weighted by atomic mass is 32.2. The number of Topliss-reactive ketones (excluding diaryl/α,β-unsaturated/α-hetero) is 1. The van der Waals surface area contributed by atoms with E-state index in [-0.39, 0.29) is 18.8 Å². The third kappa shape index (κ3) is 4.65. The SMILES string of the molecule is CCCCCOC(=O)O[C@]1(C(=O)COS(C)(=O)=O)[C@H](C)C[C@H]2[C@@H]3CCC4=CC(=O)C=C[C@]4(C)[C@@]3(F)[C@@H](O)C[C@@]21C. The van der Waals surface area contributed by atoms with Gasteiger partial charge in [-0.1, -0.05) is 45.3 Å². The van der Waals surface area contributed by atoms with Crippen LogP contribution in [0.2, 0.25) is 0 Å². The lowest BCUT2D eigenvalue weighted by Crippen LogP contribution is -2.70. The number of unbranched alkanes of at least 4 members (excludes halogenated alkanes) is 2. The van der Waals surface area contributed by atoms with Crippen LogP contribution in [-0.2, 0) is 33.4 Å². The summed E-state index contributed by atoms with van der Waals surface area (Å²) in [5.41, 5.74) is -5.90. The highest BCUT2D eigenvalue weighted by Gasteiger charge is 2.77. The first-order valence-electron chi connectivity index (χ1n) is 14.1. The minimum absolute atomic E-state index is 0.0860. The maximum Gasteiger partial charge on any atom is 0.509 e. The first kappa shape index (κ1) is 30.8. The van der Waals surface area contributed by atoms with Gasteiger partial charge in [0.15, 0.2) is 17.1 Å². The molecule has 40 heavy (non-hydrogen) atoms. The molecule has 0 amide bonds. The number of allylic oxidation sites excluding steroid dienone is 4. The molecule has 0 saturated heterocycles. The second-order valence-corrected chi connectivity index (χ2v) is 14.1. The number of ether oxygens (including phenoxy) is 2. The number of fused-ring (bicyclic) bond motifs is 5. The van der Waals surface area contributed by atoms with Crippen LogP contribution in [0.3, 0.4) is 0 Å². The molecule has 0 aromatic rings. The molecular formula is C29H41FO9S. The molecule has 0 spiro atoms. The summed E-state index contributed by atoms with van der Waals surface area (Å²) in [5.74, 6) is -2.87. The van der Waals surface area contributed by atoms with Crippen LogP contribution >= 0.6 is 0 Å². The molecule has 0 aromatic carbocycles. The van der Waals surface area contributed by atoms with Gasteiger partial charge in [-0.05, 0) is 57.1 Å². The number of hydrogen-bond acceptors (Lipinski definition) is 9. The molecule has 3 fully saturated rings. The first-order chi connectivity index (χ1) is 18.6. The number of ketones is 2. The molecule has 0 aromatic heterocycles. The number of halogens is 1. The van der Waals surface area contributed by atoms with E-state index in [4.69, 9.17) is 13.7 Å². The van der Waals surface area contributed by atoms with Crippen molar-refractivity contribution >= 4 is 27.8 Å². The first-order valence-corrected chi connectivity index (χ1v) is 15.9. The molecule has 1 N–H and O–H groups in total. The predicted molar refractivity (Wildman–Crippen MR) is 143 cm³/mol. The number of carbonyl (C=O) groups is 3. The van der Waals surface area contributed by atoms with Gasteiger partial charge in [0.05, 0.1) is 19.0 Å². The number of rotatable bonds is 9. The van der Waals surface area contributed by atoms with Gasteiger partial charge >= 0.3 is 6.16 Å². The molecule has 8 atom stereocenters. The van der Waals surface area contributed by atoms with Crippen molar-refractivity contribution in [3.05, 3.63) is 23.8 Å². The van der Waals surface area contributed by atoms with Crippen LogP contribution in [0.4, 0.5) is 9.18 Å². The summed E-state index contributed by atoms with van der Waals surface area (Å²) < 4.78 is 57.1. The summed E-state index contributed by atoms with van der Waals surface area (Å²) in [6, 6.07) is 0. The zero-order valence-electron chi connectivity index (χ0n) is 23.9. The van der Waals surface area contributed by atoms with Crippen molar-refractivity contribution in [2.24, 2.45) is 28.6 Å². The summed E-state index contributed by atoms with van der Waals surface area (Å²) in [6.45, 7) is 6.34. The van der Waals surface area contributed by atoms with Gasteiger partial charge in [-0.2, -0.15) is 8.42 Å². The molecule has 0 heterocycles. The van der Waals surface area contributed by atoms with Gasteiger partial charge in [0.25, 0.3) is 10.1 Å². The standard InChI is InChI=1S/C29H41FO9S/c1-6-7-8-13-37-25(34)39-29(24(33)17-38-40(5,35)36)18(2)14-22-21-10-9-19-15-20(31)11-12-26(19,3)28(21,30)23(32)16-27(22,29)4/h11-12,15,18,21-23,32H,6-10,13-14,16-17H2,1-5H3/t18-,21+,22+,23+,26+,27+,28+,29+/m1/s1. The van der Waals surface area contributed by atoms with Gasteiger partial charge in [0.2, 0.25) is 5.78 Å². The van der Waals surface area contributed by atoms with Gasteiger partial charge in [-0.25, -0.2) is 9.18 Å². The van der Waals surface area contributed by atoms with Crippen LogP contribution in [0.5, 0.6) is 0 Å². The van der Waals surface area contributed by atoms with E-state index in [0.29, 0.717) is 31.3 Å². The molecule has 9 nitrogen and oxygen atoms in total. The Morgan fingerprint density at radius 2 is 1.90 bits per heavy atom. The van der Waals surface area contributed by atoms with Crippen molar-refractivity contribution in [3.8, 4) is 0 Å². The number of aliphatic hydroxyl groups is 1. The number of carbonyl (C=O) groups excluding carboxylic acids is 3. The molecule has 224 valence electrons. The number of hydrogen-bond donors (Lipinski definition) is 1. The van der Waals surface area contributed by atoms with Crippen molar-refractivity contribution < 1.29 is 46.0 Å². The second-order valence-electron chi connectivity index (χ2n) is 12.4. The molecule has 0 unspecified atom stereocenters. The molecule has 4 aliphatic rings. The molecular weight excluding hydrogens is 543 g/mol. The Morgan fingerprint density at radius 1 is 1.20 bits per heavy atom. The monoisotopic (exact) mass is 584 g/mol. The molecule has 11 heteroatoms. The van der Waals surface area contributed by atoms with Crippen molar-refractivity contribution in [3.63, 3.8) is 0 Å². The Hall–Kier alpha value is -2.11. The average molecular weight is 585 g/mol. The third-order valence-corrected chi connectivity index (χ3v) is 10.8. The van der Waals surface area contributed by atoms with Crippen LogP contribution < -0.4 is 0 Å². The fourth-order valence-corrected chi connectivity index (χ4v) is 8.66. The minimum atomic E-state index is -4.00. The lowest BCUT2D eigenvalue weighted by atomic mass is 9.44. The zero-order chi connectivity index (χ0) is 29.7. The second kappa shape index (κ2) is 10.6. The molecule has 0 aliphatic heterocycles. The van der Waals surface area contributed by atoms with E-state index in [9.17, 15) is 27.9 Å². The maximum atomic E-state index is 17.5. The lowest BCUT2D eigenvalue weighted by molar-refractivity contribution is -0.221. The van der Waals surface area contributed by atoms with Crippen LogP contribution in [0.25, 0.3) is 0 Å². The number of alkyl halides is 1. The summed E-state index contributed by atoms with van der Waals surface area (Å²) >= 11 is 0. The Kier molecular flexibility index (Phi) is 8.19. The molecule has 0 radical (unpaired) electrons. The van der Waals surface area contributed by atoms with Crippen molar-refractivity contribution in [2.45, 2.75) is 90.0 Å². The van der Waals surface area contributed by atoms with Gasteiger partial charge in [-0.15, -0.1) is 0 Å². The van der Waals surface area contributed by atoms with Crippen molar-refractivity contribution in [1.82, 2.24) is 0 Å². The van der Waals surface area contributed by atoms with Crippen molar-refractivity contribution in [2.75, 3.05) is 19.5 Å². The van der Waals surface area contributed by atoms with E-state index < -0.39 is 74.6 Å². The fraction of sp³-hybridized carbons (Fsp3) is 0.759. The van der Waals surface area contributed by atoms with Crippen LogP contribution in [-0.4, -0.2) is 68.1 Å². The maximum absolute atomic E-state index is 17.5. The Balaban J connectivity index is 1.75. The van der Waals surface area contributed by atoms with Crippen LogP contribution in [0.1, 0.15) is 72.6 Å². The highest BCUT2D eigenvalue weighted by molar-refractivity contribution is 7.86. The van der Waals surface area contributed by atoms with E-state index in [1.54, 1.807) is 26.8 Å². The Morgan fingerprint density at radius 3 is 2.55 bits per heavy atom. The lowest BCUT2D eigenvalue weighted by Gasteiger charge is -2.62. The van der Waals surface area contributed by atoms with E-state index >= 15 is 4.39 Å². The topological polar surface area (TPSA) is 133 Å². The van der Waals surface area contributed by atoms with Gasteiger partial charge in [0, 0.05) is 22.7 Å².